The van der Waals surface area contributed by atoms with Crippen molar-refractivity contribution < 1.29 is 31.9 Å². The van der Waals surface area contributed by atoms with Crippen LogP contribution in [0.25, 0.3) is 11.4 Å². The predicted octanol–water partition coefficient (Wildman–Crippen LogP) is 1.70. The summed E-state index contributed by atoms with van der Waals surface area (Å²) >= 11 is 0. The highest BCUT2D eigenvalue weighted by Crippen LogP contribution is 2.30. The average molecular weight is 477 g/mol. The average Bonchev–Trinajstić information content (AvgIpc) is 3.31. The summed E-state index contributed by atoms with van der Waals surface area (Å²) < 4.78 is 47.2. The summed E-state index contributed by atoms with van der Waals surface area (Å²) in [5.41, 5.74) is 0.691. The highest BCUT2D eigenvalue weighted by Gasteiger charge is 2.24. The van der Waals surface area contributed by atoms with Gasteiger partial charge in [0, 0.05) is 18.7 Å². The van der Waals surface area contributed by atoms with Crippen LogP contribution in [0.15, 0.2) is 51.9 Å². The van der Waals surface area contributed by atoms with Gasteiger partial charge in [-0.25, -0.2) is 8.42 Å². The second-order valence-corrected chi connectivity index (χ2v) is 8.84. The van der Waals surface area contributed by atoms with Gasteiger partial charge in [-0.15, -0.1) is 0 Å². The zero-order valence-corrected chi connectivity index (χ0v) is 19.4. The van der Waals surface area contributed by atoms with Gasteiger partial charge in [0.25, 0.3) is 0 Å². The van der Waals surface area contributed by atoms with Crippen molar-refractivity contribution in [3.05, 3.63) is 48.4 Å². The maximum Gasteiger partial charge on any atom is 0.246 e. The number of hydrogen-bond donors (Lipinski definition) is 1. The number of hydrogen-bond acceptors (Lipinski definition) is 9. The summed E-state index contributed by atoms with van der Waals surface area (Å²) in [6, 6.07) is 11.3. The van der Waals surface area contributed by atoms with Crippen molar-refractivity contribution in [1.29, 1.82) is 0 Å². The Labute approximate surface area is 191 Å². The van der Waals surface area contributed by atoms with Gasteiger partial charge in [0.1, 0.15) is 5.75 Å². The van der Waals surface area contributed by atoms with Crippen LogP contribution in [0.4, 0.5) is 0 Å². The summed E-state index contributed by atoms with van der Waals surface area (Å²) in [5, 5.41) is 6.46. The van der Waals surface area contributed by atoms with Gasteiger partial charge in [-0.05, 0) is 24.3 Å². The zero-order valence-electron chi connectivity index (χ0n) is 18.6. The first kappa shape index (κ1) is 24.0. The molecule has 1 aromatic heterocycles. The fraction of sp³-hybridized carbons (Fsp3) is 0.286. The first-order valence-corrected chi connectivity index (χ1v) is 11.1. The maximum atomic E-state index is 12.8. The minimum absolute atomic E-state index is 0.0321. The third kappa shape index (κ3) is 5.59. The fourth-order valence-corrected chi connectivity index (χ4v) is 4.02. The van der Waals surface area contributed by atoms with Gasteiger partial charge in [-0.3, -0.25) is 4.79 Å². The molecule has 0 unspecified atom stereocenters. The molecule has 12 heteroatoms. The van der Waals surface area contributed by atoms with Gasteiger partial charge in [0.15, 0.2) is 11.5 Å². The first-order valence-electron chi connectivity index (χ1n) is 9.70. The minimum atomic E-state index is -3.94. The molecule has 176 valence electrons. The monoisotopic (exact) mass is 476 g/mol. The lowest BCUT2D eigenvalue weighted by Crippen LogP contribution is -2.38. The molecule has 0 spiro atoms. The van der Waals surface area contributed by atoms with Crippen LogP contribution in [0.5, 0.6) is 17.2 Å². The highest BCUT2D eigenvalue weighted by atomic mass is 32.2. The maximum absolute atomic E-state index is 12.8. The van der Waals surface area contributed by atoms with Crippen molar-refractivity contribution >= 4 is 15.9 Å². The number of methoxy groups -OCH3 is 3. The zero-order chi connectivity index (χ0) is 24.0. The minimum Gasteiger partial charge on any atom is -0.497 e. The van der Waals surface area contributed by atoms with E-state index in [4.69, 9.17) is 18.7 Å². The number of aromatic nitrogens is 2. The van der Waals surface area contributed by atoms with Crippen LogP contribution < -0.4 is 19.5 Å². The predicted molar refractivity (Wildman–Crippen MR) is 117 cm³/mol. The molecule has 1 N–H and O–H groups in total. The molecule has 0 atom stereocenters. The summed E-state index contributed by atoms with van der Waals surface area (Å²) in [6.45, 7) is -0.465. The van der Waals surface area contributed by atoms with Crippen LogP contribution in [0, 0.1) is 0 Å². The molecule has 11 nitrogen and oxygen atoms in total. The summed E-state index contributed by atoms with van der Waals surface area (Å²) in [4.78, 5) is 16.5. The number of amides is 1. The Morgan fingerprint density at radius 3 is 2.52 bits per heavy atom. The Morgan fingerprint density at radius 2 is 1.82 bits per heavy atom. The van der Waals surface area contributed by atoms with E-state index >= 15 is 0 Å². The molecule has 0 saturated carbocycles. The molecule has 1 heterocycles. The van der Waals surface area contributed by atoms with E-state index in [0.29, 0.717) is 22.9 Å². The van der Waals surface area contributed by atoms with Gasteiger partial charge in [0.05, 0.1) is 39.3 Å². The van der Waals surface area contributed by atoms with Crippen LogP contribution in [-0.4, -0.2) is 63.7 Å². The van der Waals surface area contributed by atoms with Crippen LogP contribution in [0.1, 0.15) is 5.89 Å². The van der Waals surface area contributed by atoms with Crippen molar-refractivity contribution in [3.63, 3.8) is 0 Å². The smallest absolute Gasteiger partial charge is 0.246 e. The lowest BCUT2D eigenvalue weighted by Gasteiger charge is -2.17. The molecule has 0 aliphatic heterocycles. The van der Waals surface area contributed by atoms with E-state index < -0.39 is 22.5 Å². The molecule has 0 radical (unpaired) electrons. The standard InChI is InChI=1S/C21H24N4O7S/c1-25(33(27,28)16-8-9-17(30-3)18(11-16)31-4)13-19(26)22-12-20-23-21(24-32-20)14-6-5-7-15(10-14)29-2/h5-11H,12-13H2,1-4H3,(H,22,26). The molecule has 33 heavy (non-hydrogen) atoms. The number of likely N-dealkylation sites (N-methyl/N-ethyl adjacent to an activating group) is 1. The number of sulfonamides is 1. The number of ether oxygens (including phenoxy) is 3. The second kappa shape index (κ2) is 10.3. The van der Waals surface area contributed by atoms with Gasteiger partial charge in [0.2, 0.25) is 27.6 Å². The van der Waals surface area contributed by atoms with E-state index in [1.165, 1.54) is 39.5 Å². The van der Waals surface area contributed by atoms with Crippen molar-refractivity contribution in [2.24, 2.45) is 0 Å². The summed E-state index contributed by atoms with van der Waals surface area (Å²) in [6.07, 6.45) is 0. The molecule has 0 saturated heterocycles. The Bertz CT molecular complexity index is 1230. The molecule has 0 aliphatic rings. The number of carbonyl (C=O) groups is 1. The van der Waals surface area contributed by atoms with Gasteiger partial charge in [-0.2, -0.15) is 9.29 Å². The van der Waals surface area contributed by atoms with E-state index in [-0.39, 0.29) is 23.1 Å². The molecule has 3 rings (SSSR count). The van der Waals surface area contributed by atoms with Crippen LogP contribution in [0.3, 0.4) is 0 Å². The Balaban J connectivity index is 1.61. The third-order valence-corrected chi connectivity index (χ3v) is 6.46. The fourth-order valence-electron chi connectivity index (χ4n) is 2.88. The van der Waals surface area contributed by atoms with Crippen molar-refractivity contribution in [2.75, 3.05) is 34.9 Å². The second-order valence-electron chi connectivity index (χ2n) is 6.80. The highest BCUT2D eigenvalue weighted by molar-refractivity contribution is 7.89. The Morgan fingerprint density at radius 1 is 1.06 bits per heavy atom. The topological polar surface area (TPSA) is 133 Å². The van der Waals surface area contributed by atoms with E-state index in [2.05, 4.69) is 15.5 Å². The molecule has 0 fully saturated rings. The Hall–Kier alpha value is -3.64. The van der Waals surface area contributed by atoms with Gasteiger partial charge >= 0.3 is 0 Å². The summed E-state index contributed by atoms with van der Waals surface area (Å²) in [7, 11) is 1.77. The number of carbonyl (C=O) groups excluding carboxylic acids is 1. The van der Waals surface area contributed by atoms with Crippen LogP contribution >= 0.6 is 0 Å². The number of nitrogens with zero attached hydrogens (tertiary/aromatic N) is 3. The lowest BCUT2D eigenvalue weighted by atomic mass is 10.2. The van der Waals surface area contributed by atoms with E-state index in [9.17, 15) is 13.2 Å². The molecule has 3 aromatic rings. The van der Waals surface area contributed by atoms with Crippen LogP contribution in [-0.2, 0) is 21.4 Å². The van der Waals surface area contributed by atoms with E-state index in [0.717, 1.165) is 4.31 Å². The molecule has 0 bridgehead atoms. The quantitative estimate of drug-likeness (QED) is 0.464. The van der Waals surface area contributed by atoms with Gasteiger partial charge < -0.3 is 24.1 Å². The molecule has 0 aliphatic carbocycles. The van der Waals surface area contributed by atoms with Crippen molar-refractivity contribution in [1.82, 2.24) is 19.8 Å². The van der Waals surface area contributed by atoms with E-state index in [1.54, 1.807) is 31.4 Å². The normalized spacial score (nSPS) is 11.3. The molecular formula is C21H24N4O7S. The number of rotatable bonds is 10. The first-order chi connectivity index (χ1) is 15.8. The number of benzene rings is 2. The SMILES string of the molecule is COc1cccc(-c2noc(CNC(=O)CN(C)S(=O)(=O)c3ccc(OC)c(OC)c3)n2)c1. The molecular weight excluding hydrogens is 452 g/mol. The third-order valence-electron chi connectivity index (χ3n) is 4.66. The molecule has 1 amide bonds. The Kier molecular flexibility index (Phi) is 7.51. The molecule has 2 aromatic carbocycles. The van der Waals surface area contributed by atoms with Crippen molar-refractivity contribution in [2.45, 2.75) is 11.4 Å². The largest absolute Gasteiger partial charge is 0.497 e. The summed E-state index contributed by atoms with van der Waals surface area (Å²) in [5.74, 6) is 1.27. The van der Waals surface area contributed by atoms with Crippen LogP contribution in [0.2, 0.25) is 0 Å². The number of nitrogens with one attached hydrogen (secondary N) is 1. The van der Waals surface area contributed by atoms with E-state index in [1.807, 2.05) is 0 Å². The lowest BCUT2D eigenvalue weighted by molar-refractivity contribution is -0.121. The van der Waals surface area contributed by atoms with Crippen molar-refractivity contribution in [3.8, 4) is 28.6 Å². The van der Waals surface area contributed by atoms with Gasteiger partial charge in [-0.1, -0.05) is 17.3 Å².